The molecule has 1 rings (SSSR count). The first-order chi connectivity index (χ1) is 9.76. The van der Waals surface area contributed by atoms with Crippen LogP contribution in [0, 0.1) is 5.82 Å². The third-order valence-corrected chi connectivity index (χ3v) is 4.11. The molecule has 0 aliphatic carbocycles. The van der Waals surface area contributed by atoms with Crippen LogP contribution in [0.5, 0.6) is 0 Å². The fourth-order valence-corrected chi connectivity index (χ4v) is 2.93. The van der Waals surface area contributed by atoms with Crippen LogP contribution in [0.15, 0.2) is 18.2 Å². The van der Waals surface area contributed by atoms with Gasteiger partial charge in [-0.3, -0.25) is 9.52 Å². The molecule has 0 unspecified atom stereocenters. The molecular formula is C12H15FN2O4S2. The molecule has 0 saturated heterocycles. The predicted octanol–water partition coefficient (Wildman–Crippen LogP) is 1.15. The molecule has 0 atom stereocenters. The number of nitrogens with one attached hydrogen (secondary N) is 1. The summed E-state index contributed by atoms with van der Waals surface area (Å²) in [5.41, 5.74) is 5.20. The minimum absolute atomic E-state index is 0.0251. The molecule has 0 heterocycles. The second-order valence-corrected chi connectivity index (χ2v) is 6.41. The summed E-state index contributed by atoms with van der Waals surface area (Å²) in [7, 11) is -2.53. The zero-order valence-corrected chi connectivity index (χ0v) is 12.9. The highest BCUT2D eigenvalue weighted by atomic mass is 32.2. The molecule has 0 fully saturated rings. The molecule has 0 spiro atoms. The quantitative estimate of drug-likeness (QED) is 0.573. The molecule has 0 amide bonds. The number of methoxy groups -OCH3 is 1. The van der Waals surface area contributed by atoms with Gasteiger partial charge in [-0.2, -0.15) is 0 Å². The molecule has 3 N–H and O–H groups in total. The molecule has 1 aromatic rings. The Morgan fingerprint density at radius 3 is 2.71 bits per heavy atom. The maximum absolute atomic E-state index is 13.6. The van der Waals surface area contributed by atoms with Gasteiger partial charge in [-0.25, -0.2) is 12.8 Å². The van der Waals surface area contributed by atoms with E-state index in [9.17, 15) is 17.6 Å². The van der Waals surface area contributed by atoms with Crippen LogP contribution in [0.1, 0.15) is 18.4 Å². The lowest BCUT2D eigenvalue weighted by atomic mass is 10.2. The Labute approximate surface area is 127 Å². The molecular weight excluding hydrogens is 319 g/mol. The predicted molar refractivity (Wildman–Crippen MR) is 80.9 cm³/mol. The average molecular weight is 334 g/mol. The lowest BCUT2D eigenvalue weighted by Crippen LogP contribution is -2.21. The van der Waals surface area contributed by atoms with E-state index in [-0.39, 0.29) is 34.8 Å². The molecule has 9 heteroatoms. The second-order valence-electron chi connectivity index (χ2n) is 4.13. The van der Waals surface area contributed by atoms with Crippen molar-refractivity contribution < 1.29 is 22.3 Å². The molecule has 0 radical (unpaired) electrons. The summed E-state index contributed by atoms with van der Waals surface area (Å²) in [6.45, 7) is 0. The van der Waals surface area contributed by atoms with Gasteiger partial charge in [0.1, 0.15) is 10.8 Å². The molecule has 1 aromatic carbocycles. The van der Waals surface area contributed by atoms with Crippen LogP contribution >= 0.6 is 12.2 Å². The Morgan fingerprint density at radius 2 is 2.14 bits per heavy atom. The van der Waals surface area contributed by atoms with Crippen molar-refractivity contribution in [3.63, 3.8) is 0 Å². The smallest absolute Gasteiger partial charge is 0.305 e. The van der Waals surface area contributed by atoms with E-state index in [1.807, 2.05) is 0 Å². The monoisotopic (exact) mass is 334 g/mol. The van der Waals surface area contributed by atoms with Crippen LogP contribution in [0.4, 0.5) is 10.1 Å². The number of carbonyl (C=O) groups excluding carboxylic acids is 1. The summed E-state index contributed by atoms with van der Waals surface area (Å²) in [5, 5.41) is 0. The van der Waals surface area contributed by atoms with E-state index in [2.05, 4.69) is 9.46 Å². The second kappa shape index (κ2) is 7.32. The van der Waals surface area contributed by atoms with Gasteiger partial charge in [0.2, 0.25) is 10.0 Å². The van der Waals surface area contributed by atoms with Gasteiger partial charge in [0.15, 0.2) is 0 Å². The van der Waals surface area contributed by atoms with E-state index in [0.717, 1.165) is 6.07 Å². The van der Waals surface area contributed by atoms with E-state index < -0.39 is 21.8 Å². The summed E-state index contributed by atoms with van der Waals surface area (Å²) in [6, 6.07) is 3.82. The first-order valence-corrected chi connectivity index (χ1v) is 7.98. The summed E-state index contributed by atoms with van der Waals surface area (Å²) >= 11 is 4.71. The molecule has 0 saturated carbocycles. The fourth-order valence-electron chi connectivity index (χ4n) is 1.59. The van der Waals surface area contributed by atoms with E-state index in [1.54, 1.807) is 0 Å². The van der Waals surface area contributed by atoms with Crippen molar-refractivity contribution in [2.75, 3.05) is 17.6 Å². The van der Waals surface area contributed by atoms with Gasteiger partial charge in [-0.1, -0.05) is 18.3 Å². The minimum Gasteiger partial charge on any atom is -0.469 e. The maximum Gasteiger partial charge on any atom is 0.305 e. The van der Waals surface area contributed by atoms with Crippen molar-refractivity contribution in [3.8, 4) is 0 Å². The lowest BCUT2D eigenvalue weighted by molar-refractivity contribution is -0.140. The van der Waals surface area contributed by atoms with Crippen LogP contribution in [0.25, 0.3) is 0 Å². The maximum atomic E-state index is 13.6. The number of thiocarbonyl (C=S) groups is 1. The number of rotatable bonds is 7. The van der Waals surface area contributed by atoms with Crippen molar-refractivity contribution in [1.29, 1.82) is 0 Å². The van der Waals surface area contributed by atoms with Gasteiger partial charge >= 0.3 is 5.97 Å². The molecule has 116 valence electrons. The van der Waals surface area contributed by atoms with Gasteiger partial charge < -0.3 is 10.5 Å². The number of anilines is 1. The van der Waals surface area contributed by atoms with Gasteiger partial charge in [-0.05, 0) is 18.6 Å². The molecule has 0 aliphatic heterocycles. The number of benzene rings is 1. The number of esters is 1. The third-order valence-electron chi connectivity index (χ3n) is 2.55. The highest BCUT2D eigenvalue weighted by molar-refractivity contribution is 7.92. The number of hydrogen-bond donors (Lipinski definition) is 2. The summed E-state index contributed by atoms with van der Waals surface area (Å²) in [5.74, 6) is -1.52. The highest BCUT2D eigenvalue weighted by Gasteiger charge is 2.17. The Kier molecular flexibility index (Phi) is 6.03. The molecule has 21 heavy (non-hydrogen) atoms. The zero-order valence-electron chi connectivity index (χ0n) is 11.3. The first-order valence-electron chi connectivity index (χ1n) is 5.92. The zero-order chi connectivity index (χ0) is 16.0. The van der Waals surface area contributed by atoms with Crippen LogP contribution in [-0.2, 0) is 19.6 Å². The normalized spacial score (nSPS) is 11.0. The minimum atomic E-state index is -3.75. The average Bonchev–Trinajstić information content (AvgIpc) is 2.37. The number of ether oxygens (including phenoxy) is 1. The summed E-state index contributed by atoms with van der Waals surface area (Å²) in [6.07, 6.45) is 0.0580. The largest absolute Gasteiger partial charge is 0.469 e. The molecule has 0 bridgehead atoms. The van der Waals surface area contributed by atoms with Crippen molar-refractivity contribution in [3.05, 3.63) is 29.6 Å². The van der Waals surface area contributed by atoms with Crippen molar-refractivity contribution in [2.24, 2.45) is 5.73 Å². The summed E-state index contributed by atoms with van der Waals surface area (Å²) < 4.78 is 44.0. The number of nitrogens with two attached hydrogens (primary N) is 1. The number of sulfonamides is 1. The Hall–Kier alpha value is -1.74. The SMILES string of the molecule is COC(=O)CCCS(=O)(=O)Nc1cccc(F)c1C(N)=S. The van der Waals surface area contributed by atoms with Crippen molar-refractivity contribution >= 4 is 38.9 Å². The first kappa shape index (κ1) is 17.3. The van der Waals surface area contributed by atoms with Gasteiger partial charge in [0, 0.05) is 6.42 Å². The molecule has 6 nitrogen and oxygen atoms in total. The van der Waals surface area contributed by atoms with Gasteiger partial charge in [0.05, 0.1) is 24.1 Å². The lowest BCUT2D eigenvalue weighted by Gasteiger charge is -2.12. The Balaban J connectivity index is 2.83. The van der Waals surface area contributed by atoms with Crippen molar-refractivity contribution in [2.45, 2.75) is 12.8 Å². The van der Waals surface area contributed by atoms with Crippen LogP contribution in [-0.4, -0.2) is 32.2 Å². The number of hydrogen-bond acceptors (Lipinski definition) is 5. The van der Waals surface area contributed by atoms with Crippen LogP contribution < -0.4 is 10.5 Å². The van der Waals surface area contributed by atoms with E-state index >= 15 is 0 Å². The summed E-state index contributed by atoms with van der Waals surface area (Å²) in [4.78, 5) is 10.7. The Bertz CT molecular complexity index is 647. The van der Waals surface area contributed by atoms with Crippen LogP contribution in [0.2, 0.25) is 0 Å². The van der Waals surface area contributed by atoms with E-state index in [1.165, 1.54) is 19.2 Å². The molecule has 0 aromatic heterocycles. The number of carbonyl (C=O) groups is 1. The number of halogens is 1. The van der Waals surface area contributed by atoms with E-state index in [0.29, 0.717) is 0 Å². The highest BCUT2D eigenvalue weighted by Crippen LogP contribution is 2.20. The van der Waals surface area contributed by atoms with Gasteiger partial charge in [0.25, 0.3) is 0 Å². The van der Waals surface area contributed by atoms with Crippen molar-refractivity contribution in [1.82, 2.24) is 0 Å². The topological polar surface area (TPSA) is 98.5 Å². The van der Waals surface area contributed by atoms with E-state index in [4.69, 9.17) is 18.0 Å². The Morgan fingerprint density at radius 1 is 1.48 bits per heavy atom. The molecule has 0 aliphatic rings. The fraction of sp³-hybridized carbons (Fsp3) is 0.333. The standard InChI is InChI=1S/C12H15FN2O4S2/c1-19-10(16)6-3-7-21(17,18)15-9-5-2-4-8(13)11(9)12(14)20/h2,4-5,15H,3,6-7H2,1H3,(H2,14,20). The third kappa shape index (κ3) is 5.27. The van der Waals surface area contributed by atoms with Gasteiger partial charge in [-0.15, -0.1) is 0 Å². The van der Waals surface area contributed by atoms with Crippen LogP contribution in [0.3, 0.4) is 0 Å².